The summed E-state index contributed by atoms with van der Waals surface area (Å²) in [6.07, 6.45) is 3.99. The molecular formula is C14H21BrN2. The SMILES string of the molecule is CN(Cc1ccc(Br)cc1)C1CCCCNC1. The van der Waals surface area contributed by atoms with E-state index in [-0.39, 0.29) is 0 Å². The fourth-order valence-electron chi connectivity index (χ4n) is 2.38. The molecule has 1 aliphatic rings. The molecule has 3 heteroatoms. The smallest absolute Gasteiger partial charge is 0.0234 e. The van der Waals surface area contributed by atoms with E-state index in [0.29, 0.717) is 6.04 Å². The topological polar surface area (TPSA) is 15.3 Å². The molecule has 1 aromatic rings. The quantitative estimate of drug-likeness (QED) is 0.922. The maximum absolute atomic E-state index is 3.52. The van der Waals surface area contributed by atoms with Crippen LogP contribution < -0.4 is 5.32 Å². The van der Waals surface area contributed by atoms with Crippen LogP contribution in [-0.2, 0) is 6.54 Å². The lowest BCUT2D eigenvalue weighted by molar-refractivity contribution is 0.222. The van der Waals surface area contributed by atoms with Crippen molar-refractivity contribution in [1.29, 1.82) is 0 Å². The predicted molar refractivity (Wildman–Crippen MR) is 76.1 cm³/mol. The van der Waals surface area contributed by atoms with Crippen LogP contribution in [-0.4, -0.2) is 31.1 Å². The summed E-state index contributed by atoms with van der Waals surface area (Å²) in [4.78, 5) is 2.47. The second-order valence-corrected chi connectivity index (χ2v) is 5.81. The van der Waals surface area contributed by atoms with Gasteiger partial charge in [-0.2, -0.15) is 0 Å². The van der Waals surface area contributed by atoms with Gasteiger partial charge in [0.2, 0.25) is 0 Å². The van der Waals surface area contributed by atoms with Crippen molar-refractivity contribution >= 4 is 15.9 Å². The lowest BCUT2D eigenvalue weighted by atomic mass is 10.1. The minimum absolute atomic E-state index is 0.682. The summed E-state index contributed by atoms with van der Waals surface area (Å²) in [7, 11) is 2.24. The Morgan fingerprint density at radius 1 is 1.29 bits per heavy atom. The monoisotopic (exact) mass is 296 g/mol. The van der Waals surface area contributed by atoms with Crippen molar-refractivity contribution in [3.63, 3.8) is 0 Å². The summed E-state index contributed by atoms with van der Waals surface area (Å²) in [5.41, 5.74) is 1.39. The van der Waals surface area contributed by atoms with E-state index in [4.69, 9.17) is 0 Å². The normalized spacial score (nSPS) is 21.5. The highest BCUT2D eigenvalue weighted by atomic mass is 79.9. The molecule has 0 saturated carbocycles. The molecule has 0 aliphatic carbocycles. The largest absolute Gasteiger partial charge is 0.315 e. The first-order valence-electron chi connectivity index (χ1n) is 6.41. The number of rotatable bonds is 3. The maximum atomic E-state index is 3.52. The fraction of sp³-hybridized carbons (Fsp3) is 0.571. The highest BCUT2D eigenvalue weighted by Gasteiger charge is 2.16. The molecule has 2 rings (SSSR count). The fourth-order valence-corrected chi connectivity index (χ4v) is 2.65. The Morgan fingerprint density at radius 2 is 2.06 bits per heavy atom. The first-order valence-corrected chi connectivity index (χ1v) is 7.20. The van der Waals surface area contributed by atoms with Crippen molar-refractivity contribution < 1.29 is 0 Å². The Balaban J connectivity index is 1.90. The van der Waals surface area contributed by atoms with Crippen LogP contribution in [0, 0.1) is 0 Å². The van der Waals surface area contributed by atoms with Crippen molar-refractivity contribution in [3.05, 3.63) is 34.3 Å². The molecule has 17 heavy (non-hydrogen) atoms. The van der Waals surface area contributed by atoms with E-state index in [0.717, 1.165) is 17.6 Å². The van der Waals surface area contributed by atoms with E-state index >= 15 is 0 Å². The molecule has 2 nitrogen and oxygen atoms in total. The Labute approximate surface area is 113 Å². The van der Waals surface area contributed by atoms with Gasteiger partial charge in [-0.15, -0.1) is 0 Å². The average Bonchev–Trinajstić information content (AvgIpc) is 2.61. The van der Waals surface area contributed by atoms with Gasteiger partial charge < -0.3 is 5.32 Å². The molecule has 1 saturated heterocycles. The summed E-state index contributed by atoms with van der Waals surface area (Å²) in [6.45, 7) is 3.36. The zero-order valence-corrected chi connectivity index (χ0v) is 12.0. The van der Waals surface area contributed by atoms with Gasteiger partial charge in [-0.3, -0.25) is 4.90 Å². The summed E-state index contributed by atoms with van der Waals surface area (Å²) in [5, 5.41) is 3.52. The minimum atomic E-state index is 0.682. The maximum Gasteiger partial charge on any atom is 0.0234 e. The van der Waals surface area contributed by atoms with Gasteiger partial charge in [0.05, 0.1) is 0 Å². The van der Waals surface area contributed by atoms with E-state index in [2.05, 4.69) is 57.5 Å². The second kappa shape index (κ2) is 6.53. The van der Waals surface area contributed by atoms with E-state index in [1.54, 1.807) is 0 Å². The summed E-state index contributed by atoms with van der Waals surface area (Å²) < 4.78 is 1.15. The molecule has 94 valence electrons. The number of nitrogens with zero attached hydrogens (tertiary/aromatic N) is 1. The van der Waals surface area contributed by atoms with Gasteiger partial charge in [0.15, 0.2) is 0 Å². The number of halogens is 1. The molecule has 1 aromatic carbocycles. The van der Waals surface area contributed by atoms with Gasteiger partial charge in [-0.1, -0.05) is 34.5 Å². The summed E-state index contributed by atoms with van der Waals surface area (Å²) in [5.74, 6) is 0. The van der Waals surface area contributed by atoms with Gasteiger partial charge in [0.1, 0.15) is 0 Å². The van der Waals surface area contributed by atoms with Crippen LogP contribution in [0.2, 0.25) is 0 Å². The molecule has 1 heterocycles. The van der Waals surface area contributed by atoms with E-state index in [1.807, 2.05) is 0 Å². The van der Waals surface area contributed by atoms with Gasteiger partial charge in [-0.25, -0.2) is 0 Å². The van der Waals surface area contributed by atoms with Crippen LogP contribution in [0.1, 0.15) is 24.8 Å². The number of hydrogen-bond donors (Lipinski definition) is 1. The van der Waals surface area contributed by atoms with Crippen molar-refractivity contribution in [2.45, 2.75) is 31.8 Å². The third-order valence-corrected chi connectivity index (χ3v) is 4.02. The molecule has 0 radical (unpaired) electrons. The van der Waals surface area contributed by atoms with Crippen LogP contribution in [0.3, 0.4) is 0 Å². The molecule has 1 aliphatic heterocycles. The Bertz CT molecular complexity index is 329. The zero-order valence-electron chi connectivity index (χ0n) is 10.5. The minimum Gasteiger partial charge on any atom is -0.315 e. The molecule has 1 N–H and O–H groups in total. The van der Waals surface area contributed by atoms with Crippen molar-refractivity contribution in [2.75, 3.05) is 20.1 Å². The number of nitrogens with one attached hydrogen (secondary N) is 1. The molecular weight excluding hydrogens is 276 g/mol. The third kappa shape index (κ3) is 4.09. The summed E-state index contributed by atoms with van der Waals surface area (Å²) in [6, 6.07) is 9.32. The van der Waals surface area contributed by atoms with Gasteiger partial charge in [0.25, 0.3) is 0 Å². The Kier molecular flexibility index (Phi) is 5.01. The number of likely N-dealkylation sites (N-methyl/N-ethyl adjacent to an activating group) is 1. The van der Waals surface area contributed by atoms with Crippen LogP contribution in [0.25, 0.3) is 0 Å². The molecule has 1 atom stereocenters. The molecule has 0 amide bonds. The van der Waals surface area contributed by atoms with E-state index in [1.165, 1.54) is 31.4 Å². The summed E-state index contributed by atoms with van der Waals surface area (Å²) >= 11 is 3.47. The standard InChI is InChI=1S/C14H21BrN2/c1-17(14-4-2-3-9-16-10-14)11-12-5-7-13(15)8-6-12/h5-8,14,16H,2-4,9-11H2,1H3. The van der Waals surface area contributed by atoms with Crippen molar-refractivity contribution in [3.8, 4) is 0 Å². The van der Waals surface area contributed by atoms with Gasteiger partial charge in [-0.05, 0) is 44.1 Å². The highest BCUT2D eigenvalue weighted by Crippen LogP contribution is 2.15. The molecule has 0 bridgehead atoms. The second-order valence-electron chi connectivity index (χ2n) is 4.90. The lowest BCUT2D eigenvalue weighted by Crippen LogP contribution is -2.38. The Hall–Kier alpha value is -0.380. The number of benzene rings is 1. The zero-order chi connectivity index (χ0) is 12.1. The molecule has 0 aromatic heterocycles. The highest BCUT2D eigenvalue weighted by molar-refractivity contribution is 9.10. The van der Waals surface area contributed by atoms with Crippen LogP contribution >= 0.6 is 15.9 Å². The van der Waals surface area contributed by atoms with Crippen molar-refractivity contribution in [1.82, 2.24) is 10.2 Å². The number of hydrogen-bond acceptors (Lipinski definition) is 2. The van der Waals surface area contributed by atoms with Gasteiger partial charge in [0, 0.05) is 23.6 Å². The van der Waals surface area contributed by atoms with E-state index < -0.39 is 0 Å². The van der Waals surface area contributed by atoms with Crippen molar-refractivity contribution in [2.24, 2.45) is 0 Å². The molecule has 1 fully saturated rings. The first-order chi connectivity index (χ1) is 8.25. The van der Waals surface area contributed by atoms with Gasteiger partial charge >= 0.3 is 0 Å². The third-order valence-electron chi connectivity index (χ3n) is 3.49. The Morgan fingerprint density at radius 3 is 2.82 bits per heavy atom. The lowest BCUT2D eigenvalue weighted by Gasteiger charge is -2.27. The average molecular weight is 297 g/mol. The molecule has 0 spiro atoms. The first kappa shape index (κ1) is 13.1. The van der Waals surface area contributed by atoms with Crippen LogP contribution in [0.4, 0.5) is 0 Å². The van der Waals surface area contributed by atoms with E-state index in [9.17, 15) is 0 Å². The van der Waals surface area contributed by atoms with Crippen LogP contribution in [0.15, 0.2) is 28.7 Å². The predicted octanol–water partition coefficient (Wildman–Crippen LogP) is 3.02. The molecule has 1 unspecified atom stereocenters. The van der Waals surface area contributed by atoms with Crippen LogP contribution in [0.5, 0.6) is 0 Å².